The van der Waals surface area contributed by atoms with Crippen LogP contribution in [0.2, 0.25) is 0 Å². The first-order valence-corrected chi connectivity index (χ1v) is 10.2. The van der Waals surface area contributed by atoms with Gasteiger partial charge in [0.05, 0.1) is 21.6 Å². The highest BCUT2D eigenvalue weighted by molar-refractivity contribution is 7.16. The summed E-state index contributed by atoms with van der Waals surface area (Å²) in [5, 5.41) is 20.2. The average molecular weight is 419 g/mol. The Labute approximate surface area is 177 Å². The van der Waals surface area contributed by atoms with Gasteiger partial charge in [-0.2, -0.15) is 5.10 Å². The Morgan fingerprint density at radius 2 is 1.77 bits per heavy atom. The number of phenolic OH excluding ortho intramolecular Hbond substituents is 1. The van der Waals surface area contributed by atoms with Crippen molar-refractivity contribution in [2.75, 3.05) is 0 Å². The van der Waals surface area contributed by atoms with Crippen molar-refractivity contribution >= 4 is 49.7 Å². The predicted molar refractivity (Wildman–Crippen MR) is 124 cm³/mol. The van der Waals surface area contributed by atoms with Crippen LogP contribution < -0.4 is 16.3 Å². The van der Waals surface area contributed by atoms with Gasteiger partial charge in [0, 0.05) is 23.4 Å². The van der Waals surface area contributed by atoms with Crippen molar-refractivity contribution < 1.29 is 5.11 Å². The van der Waals surface area contributed by atoms with Crippen LogP contribution in [-0.2, 0) is 7.05 Å². The van der Waals surface area contributed by atoms with Crippen LogP contribution in [0.3, 0.4) is 0 Å². The van der Waals surface area contributed by atoms with Crippen LogP contribution in [0.15, 0.2) is 63.7 Å². The van der Waals surface area contributed by atoms with Gasteiger partial charge in [-0.1, -0.05) is 47.7 Å². The maximum absolute atomic E-state index is 10.7. The zero-order valence-electron chi connectivity index (χ0n) is 16.9. The molecule has 1 aromatic heterocycles. The Morgan fingerprint density at radius 3 is 2.50 bits per heavy atom. The van der Waals surface area contributed by atoms with Gasteiger partial charge in [0.15, 0.2) is 4.80 Å². The summed E-state index contributed by atoms with van der Waals surface area (Å²) >= 11 is 1.55. The Morgan fingerprint density at radius 1 is 1.03 bits per heavy atom. The summed E-state index contributed by atoms with van der Waals surface area (Å²) in [5.74, 6) is 0.235. The molecule has 8 heteroatoms. The summed E-state index contributed by atoms with van der Waals surface area (Å²) in [4.78, 5) is 5.69. The van der Waals surface area contributed by atoms with Gasteiger partial charge in [-0.15, -0.1) is 5.10 Å². The molecule has 0 amide bonds. The van der Waals surface area contributed by atoms with Gasteiger partial charge in [-0.25, -0.2) is 4.99 Å². The number of benzene rings is 3. The quantitative estimate of drug-likeness (QED) is 0.268. The van der Waals surface area contributed by atoms with E-state index in [1.54, 1.807) is 11.3 Å². The SMILES string of the molecule is C/C(=N\N=C(N)N)c1cccc(N=c2sc3c(C)c(O)c4ccccc4c3n2C)c1. The molecule has 152 valence electrons. The molecule has 4 aromatic rings. The first kappa shape index (κ1) is 19.7. The average Bonchev–Trinajstić information content (AvgIpc) is 3.06. The molecule has 1 heterocycles. The zero-order valence-corrected chi connectivity index (χ0v) is 17.7. The fraction of sp³-hybridized carbons (Fsp3) is 0.136. The molecule has 0 saturated carbocycles. The fourth-order valence-electron chi connectivity index (χ4n) is 3.42. The number of nitrogens with two attached hydrogens (primary N) is 2. The molecule has 5 N–H and O–H groups in total. The number of fused-ring (bicyclic) bond motifs is 3. The second-order valence-corrected chi connectivity index (χ2v) is 7.99. The number of rotatable bonds is 3. The summed E-state index contributed by atoms with van der Waals surface area (Å²) in [5.41, 5.74) is 15.0. The van der Waals surface area contributed by atoms with Crippen LogP contribution in [0, 0.1) is 6.92 Å². The molecule has 3 aromatic carbocycles. The van der Waals surface area contributed by atoms with E-state index >= 15 is 0 Å². The van der Waals surface area contributed by atoms with Crippen molar-refractivity contribution in [3.05, 3.63) is 64.5 Å². The minimum absolute atomic E-state index is 0.0849. The van der Waals surface area contributed by atoms with E-state index in [9.17, 15) is 5.11 Å². The van der Waals surface area contributed by atoms with Crippen molar-refractivity contribution in [3.8, 4) is 5.75 Å². The van der Waals surface area contributed by atoms with Crippen molar-refractivity contribution in [1.82, 2.24) is 4.57 Å². The van der Waals surface area contributed by atoms with E-state index in [0.717, 1.165) is 42.6 Å². The Hall–Kier alpha value is -3.65. The van der Waals surface area contributed by atoms with Crippen LogP contribution in [-0.4, -0.2) is 21.3 Å². The Kier molecular flexibility index (Phi) is 5.01. The largest absolute Gasteiger partial charge is 0.507 e. The first-order chi connectivity index (χ1) is 14.4. The molecule has 7 nitrogen and oxygen atoms in total. The molecule has 0 aliphatic rings. The molecule has 0 aliphatic heterocycles. The summed E-state index contributed by atoms with van der Waals surface area (Å²) in [6.07, 6.45) is 0. The normalized spacial score (nSPS) is 12.6. The summed E-state index contributed by atoms with van der Waals surface area (Å²) in [6, 6.07) is 15.6. The van der Waals surface area contributed by atoms with Crippen LogP contribution in [0.4, 0.5) is 5.69 Å². The lowest BCUT2D eigenvalue weighted by Crippen LogP contribution is -2.22. The molecule has 0 aliphatic carbocycles. The minimum atomic E-state index is -0.0849. The fourth-order valence-corrected chi connectivity index (χ4v) is 4.57. The lowest BCUT2D eigenvalue weighted by atomic mass is 10.0. The third-order valence-corrected chi connectivity index (χ3v) is 6.22. The van der Waals surface area contributed by atoms with E-state index in [2.05, 4.69) is 14.8 Å². The number of nitrogens with zero attached hydrogens (tertiary/aromatic N) is 4. The van der Waals surface area contributed by atoms with E-state index in [1.807, 2.05) is 69.4 Å². The number of guanidine groups is 1. The highest BCUT2D eigenvalue weighted by atomic mass is 32.1. The third-order valence-electron chi connectivity index (χ3n) is 4.97. The lowest BCUT2D eigenvalue weighted by molar-refractivity contribution is 0.478. The van der Waals surface area contributed by atoms with Crippen LogP contribution in [0.1, 0.15) is 18.1 Å². The smallest absolute Gasteiger partial charge is 0.211 e. The van der Waals surface area contributed by atoms with Gasteiger partial charge in [-0.3, -0.25) is 0 Å². The van der Waals surface area contributed by atoms with Gasteiger partial charge >= 0.3 is 0 Å². The molecule has 0 unspecified atom stereocenters. The maximum atomic E-state index is 10.7. The van der Waals surface area contributed by atoms with Gasteiger partial charge in [-0.05, 0) is 31.5 Å². The predicted octanol–water partition coefficient (Wildman–Crippen LogP) is 3.64. The van der Waals surface area contributed by atoms with Gasteiger partial charge in [0.25, 0.3) is 0 Å². The minimum Gasteiger partial charge on any atom is -0.507 e. The second-order valence-electron chi connectivity index (χ2n) is 7.01. The van der Waals surface area contributed by atoms with Gasteiger partial charge in [0.2, 0.25) is 5.96 Å². The standard InChI is InChI=1S/C22H22N6OS/c1-12-19(29)17-10-5-4-9-16(17)18-20(12)30-22(28(18)3)25-15-8-6-7-14(11-15)13(2)26-27-21(23)24/h4-11,29H,1-3H3,(H4,23,24,27)/b25-22?,26-13+. The monoisotopic (exact) mass is 418 g/mol. The highest BCUT2D eigenvalue weighted by Crippen LogP contribution is 2.37. The molecule has 0 atom stereocenters. The van der Waals surface area contributed by atoms with Gasteiger partial charge in [0.1, 0.15) is 5.75 Å². The number of aryl methyl sites for hydroxylation is 2. The topological polar surface area (TPSA) is 114 Å². The number of phenols is 1. The summed E-state index contributed by atoms with van der Waals surface area (Å²) < 4.78 is 3.09. The maximum Gasteiger partial charge on any atom is 0.211 e. The van der Waals surface area contributed by atoms with Crippen molar-refractivity contribution in [2.24, 2.45) is 33.7 Å². The molecular formula is C22H22N6OS. The van der Waals surface area contributed by atoms with Crippen LogP contribution >= 0.6 is 11.3 Å². The first-order valence-electron chi connectivity index (χ1n) is 9.35. The van der Waals surface area contributed by atoms with E-state index in [0.29, 0.717) is 11.5 Å². The van der Waals surface area contributed by atoms with E-state index in [-0.39, 0.29) is 5.96 Å². The Balaban J connectivity index is 1.91. The molecule has 0 radical (unpaired) electrons. The second kappa shape index (κ2) is 7.64. The summed E-state index contributed by atoms with van der Waals surface area (Å²) in [6.45, 7) is 3.78. The van der Waals surface area contributed by atoms with Crippen molar-refractivity contribution in [1.29, 1.82) is 0 Å². The number of aromatic nitrogens is 1. The third kappa shape index (κ3) is 3.42. The van der Waals surface area contributed by atoms with E-state index < -0.39 is 0 Å². The number of aromatic hydroxyl groups is 1. The van der Waals surface area contributed by atoms with Crippen molar-refractivity contribution in [3.63, 3.8) is 0 Å². The molecule has 0 spiro atoms. The molecule has 0 fully saturated rings. The number of hydrogen-bond donors (Lipinski definition) is 3. The Bertz CT molecular complexity index is 1410. The summed E-state index contributed by atoms with van der Waals surface area (Å²) in [7, 11) is 2.00. The molecule has 30 heavy (non-hydrogen) atoms. The lowest BCUT2D eigenvalue weighted by Gasteiger charge is -2.08. The number of hydrogen-bond acceptors (Lipinski definition) is 5. The van der Waals surface area contributed by atoms with E-state index in [4.69, 9.17) is 16.5 Å². The molecule has 4 rings (SSSR count). The van der Waals surface area contributed by atoms with Gasteiger partial charge < -0.3 is 21.1 Å². The zero-order chi connectivity index (χ0) is 21.4. The van der Waals surface area contributed by atoms with Crippen LogP contribution in [0.25, 0.3) is 21.0 Å². The molecule has 0 bridgehead atoms. The van der Waals surface area contributed by atoms with Crippen molar-refractivity contribution in [2.45, 2.75) is 13.8 Å². The molecular weight excluding hydrogens is 396 g/mol. The highest BCUT2D eigenvalue weighted by Gasteiger charge is 2.15. The number of thiazole rings is 1. The molecule has 0 saturated heterocycles. The van der Waals surface area contributed by atoms with Crippen LogP contribution in [0.5, 0.6) is 5.75 Å². The van der Waals surface area contributed by atoms with E-state index in [1.165, 1.54) is 0 Å².